The van der Waals surface area contributed by atoms with Crippen LogP contribution in [0.2, 0.25) is 5.02 Å². The Balaban J connectivity index is 2.14. The molecule has 2 aromatic rings. The molecule has 0 spiro atoms. The van der Waals surface area contributed by atoms with Crippen molar-refractivity contribution in [3.8, 4) is 0 Å². The van der Waals surface area contributed by atoms with Gasteiger partial charge in [-0.05, 0) is 50.6 Å². The van der Waals surface area contributed by atoms with Crippen LogP contribution < -0.4 is 10.5 Å². The Kier molecular flexibility index (Phi) is 6.25. The molecule has 1 unspecified atom stereocenters. The fraction of sp³-hybridized carbons (Fsp3) is 0.222. The number of nitrogens with two attached hydrogens (primary N) is 1. The van der Waals surface area contributed by atoms with Gasteiger partial charge in [0, 0.05) is 5.69 Å². The normalized spacial score (nSPS) is 12.3. The lowest BCUT2D eigenvalue weighted by Crippen LogP contribution is -2.30. The van der Waals surface area contributed by atoms with E-state index in [1.807, 2.05) is 26.0 Å². The first-order valence-corrected chi connectivity index (χ1v) is 9.83. The Labute approximate surface area is 162 Å². The molecule has 0 heterocycles. The average Bonchev–Trinajstić information content (AvgIpc) is 2.56. The minimum Gasteiger partial charge on any atom is -0.449 e. The molecule has 2 aromatic carbocycles. The highest BCUT2D eigenvalue weighted by Crippen LogP contribution is 2.22. The van der Waals surface area contributed by atoms with Crippen molar-refractivity contribution >= 4 is 39.2 Å². The summed E-state index contributed by atoms with van der Waals surface area (Å²) in [5, 5.41) is 7.71. The zero-order valence-electron chi connectivity index (χ0n) is 14.9. The Bertz CT molecular complexity index is 1000. The van der Waals surface area contributed by atoms with Gasteiger partial charge in [-0.25, -0.2) is 18.4 Å². The van der Waals surface area contributed by atoms with E-state index in [9.17, 15) is 18.0 Å². The maximum absolute atomic E-state index is 12.3. The summed E-state index contributed by atoms with van der Waals surface area (Å²) in [7, 11) is -4.02. The van der Waals surface area contributed by atoms with Gasteiger partial charge in [-0.15, -0.1) is 0 Å². The van der Waals surface area contributed by atoms with Crippen molar-refractivity contribution in [3.05, 3.63) is 58.1 Å². The van der Waals surface area contributed by atoms with E-state index in [2.05, 4.69) is 5.32 Å². The second kappa shape index (κ2) is 8.08. The van der Waals surface area contributed by atoms with E-state index in [0.29, 0.717) is 5.69 Å². The highest BCUT2D eigenvalue weighted by atomic mass is 35.5. The molecule has 3 N–H and O–H groups in total. The van der Waals surface area contributed by atoms with Crippen molar-refractivity contribution in [3.63, 3.8) is 0 Å². The average molecular weight is 411 g/mol. The summed E-state index contributed by atoms with van der Waals surface area (Å²) in [4.78, 5) is 24.3. The minimum atomic E-state index is -4.02. The van der Waals surface area contributed by atoms with Crippen molar-refractivity contribution in [2.45, 2.75) is 31.8 Å². The molecule has 0 saturated heterocycles. The second-order valence-corrected chi connectivity index (χ2v) is 8.01. The molecular formula is C18H19ClN2O5S. The number of rotatable bonds is 5. The highest BCUT2D eigenvalue weighted by Gasteiger charge is 2.22. The Hall–Kier alpha value is -2.42. The number of hydrogen-bond acceptors (Lipinski definition) is 5. The third kappa shape index (κ3) is 5.29. The summed E-state index contributed by atoms with van der Waals surface area (Å²) < 4.78 is 28.0. The maximum Gasteiger partial charge on any atom is 0.340 e. The number of anilines is 1. The third-order valence-corrected chi connectivity index (χ3v) is 5.02. The molecular weight excluding hydrogens is 392 g/mol. The SMILES string of the molecule is Cc1ccc(NC(=O)C(C)OC(=O)c2cc(S(N)(=O)=O)ccc2Cl)c(C)c1. The second-order valence-electron chi connectivity index (χ2n) is 6.04. The molecule has 0 bridgehead atoms. The van der Waals surface area contributed by atoms with Gasteiger partial charge in [0.1, 0.15) is 0 Å². The number of aryl methyl sites for hydroxylation is 2. The summed E-state index contributed by atoms with van der Waals surface area (Å²) in [5.74, 6) is -1.47. The number of nitrogens with one attached hydrogen (secondary N) is 1. The van der Waals surface area contributed by atoms with Gasteiger partial charge in [0.05, 0.1) is 15.5 Å². The molecule has 0 saturated carbocycles. The van der Waals surface area contributed by atoms with Crippen LogP contribution in [0.4, 0.5) is 5.69 Å². The van der Waals surface area contributed by atoms with Crippen LogP contribution in [-0.4, -0.2) is 26.4 Å². The number of benzene rings is 2. The van der Waals surface area contributed by atoms with Crippen LogP contribution in [0, 0.1) is 13.8 Å². The van der Waals surface area contributed by atoms with Gasteiger partial charge in [0.25, 0.3) is 5.91 Å². The van der Waals surface area contributed by atoms with E-state index >= 15 is 0 Å². The zero-order valence-corrected chi connectivity index (χ0v) is 16.5. The molecule has 1 atom stereocenters. The number of primary sulfonamides is 1. The van der Waals surface area contributed by atoms with Crippen molar-refractivity contribution in [2.75, 3.05) is 5.32 Å². The number of esters is 1. The molecule has 1 amide bonds. The van der Waals surface area contributed by atoms with Crippen molar-refractivity contribution in [1.29, 1.82) is 0 Å². The Morgan fingerprint density at radius 1 is 1.15 bits per heavy atom. The summed E-state index contributed by atoms with van der Waals surface area (Å²) in [6.45, 7) is 5.18. The molecule has 7 nitrogen and oxygen atoms in total. The van der Waals surface area contributed by atoms with Gasteiger partial charge in [0.15, 0.2) is 6.10 Å². The standard InChI is InChI=1S/C18H19ClN2O5S/c1-10-4-7-16(11(2)8-10)21-17(22)12(3)26-18(23)14-9-13(27(20,24)25)5-6-15(14)19/h4-9,12H,1-3H3,(H,21,22)(H2,20,24,25). The quantitative estimate of drug-likeness (QED) is 0.735. The van der Waals surface area contributed by atoms with Gasteiger partial charge in [0.2, 0.25) is 10.0 Å². The van der Waals surface area contributed by atoms with Gasteiger partial charge < -0.3 is 10.1 Å². The number of sulfonamides is 1. The number of carbonyl (C=O) groups is 2. The predicted molar refractivity (Wildman–Crippen MR) is 102 cm³/mol. The topological polar surface area (TPSA) is 116 Å². The lowest BCUT2D eigenvalue weighted by Gasteiger charge is -2.15. The molecule has 0 fully saturated rings. The van der Waals surface area contributed by atoms with E-state index in [1.165, 1.54) is 19.1 Å². The molecule has 0 aliphatic carbocycles. The van der Waals surface area contributed by atoms with Crippen LogP contribution in [0.3, 0.4) is 0 Å². The summed E-state index contributed by atoms with van der Waals surface area (Å²) >= 11 is 5.93. The molecule has 0 aromatic heterocycles. The van der Waals surface area contributed by atoms with Gasteiger partial charge >= 0.3 is 5.97 Å². The number of ether oxygens (including phenoxy) is 1. The lowest BCUT2D eigenvalue weighted by atomic mass is 10.1. The Morgan fingerprint density at radius 2 is 1.81 bits per heavy atom. The van der Waals surface area contributed by atoms with Gasteiger partial charge in [-0.1, -0.05) is 29.3 Å². The van der Waals surface area contributed by atoms with Crippen LogP contribution in [0.15, 0.2) is 41.3 Å². The molecule has 27 heavy (non-hydrogen) atoms. The van der Waals surface area contributed by atoms with E-state index < -0.39 is 28.0 Å². The van der Waals surface area contributed by atoms with E-state index in [4.69, 9.17) is 21.5 Å². The molecule has 9 heteroatoms. The van der Waals surface area contributed by atoms with Crippen LogP contribution in [0.25, 0.3) is 0 Å². The van der Waals surface area contributed by atoms with Crippen LogP contribution in [-0.2, 0) is 19.6 Å². The number of carbonyl (C=O) groups excluding carboxylic acids is 2. The number of amides is 1. The first-order chi connectivity index (χ1) is 12.5. The lowest BCUT2D eigenvalue weighted by molar-refractivity contribution is -0.123. The van der Waals surface area contributed by atoms with Crippen molar-refractivity contribution in [2.24, 2.45) is 5.14 Å². The highest BCUT2D eigenvalue weighted by molar-refractivity contribution is 7.89. The monoisotopic (exact) mass is 410 g/mol. The van der Waals surface area contributed by atoms with E-state index in [0.717, 1.165) is 17.2 Å². The first-order valence-electron chi connectivity index (χ1n) is 7.90. The minimum absolute atomic E-state index is 0.0191. The fourth-order valence-corrected chi connectivity index (χ4v) is 3.04. The number of hydrogen-bond donors (Lipinski definition) is 2. The molecule has 2 rings (SSSR count). The summed E-state index contributed by atoms with van der Waals surface area (Å²) in [5.41, 5.74) is 2.32. The van der Waals surface area contributed by atoms with Crippen LogP contribution in [0.5, 0.6) is 0 Å². The maximum atomic E-state index is 12.3. The van der Waals surface area contributed by atoms with Gasteiger partial charge in [-0.2, -0.15) is 0 Å². The summed E-state index contributed by atoms with van der Waals surface area (Å²) in [6.07, 6.45) is -1.13. The molecule has 0 aliphatic heterocycles. The van der Waals surface area contributed by atoms with Crippen LogP contribution in [0.1, 0.15) is 28.4 Å². The summed E-state index contributed by atoms with van der Waals surface area (Å²) in [6, 6.07) is 8.91. The first kappa shape index (κ1) is 20.9. The molecule has 0 radical (unpaired) electrons. The largest absolute Gasteiger partial charge is 0.449 e. The van der Waals surface area contributed by atoms with Crippen molar-refractivity contribution in [1.82, 2.24) is 0 Å². The predicted octanol–water partition coefficient (Wildman–Crippen LogP) is 2.79. The fourth-order valence-electron chi connectivity index (χ4n) is 2.30. The van der Waals surface area contributed by atoms with E-state index in [-0.39, 0.29) is 15.5 Å². The van der Waals surface area contributed by atoms with E-state index in [1.54, 1.807) is 6.07 Å². The smallest absolute Gasteiger partial charge is 0.340 e. The molecule has 144 valence electrons. The molecule has 0 aliphatic rings. The van der Waals surface area contributed by atoms with Crippen LogP contribution >= 0.6 is 11.6 Å². The third-order valence-electron chi connectivity index (χ3n) is 3.78. The van der Waals surface area contributed by atoms with Gasteiger partial charge in [-0.3, -0.25) is 4.79 Å². The zero-order chi connectivity index (χ0) is 20.4. The van der Waals surface area contributed by atoms with Crippen molar-refractivity contribution < 1.29 is 22.7 Å². The Morgan fingerprint density at radius 3 is 2.41 bits per heavy atom. The number of halogens is 1.